The zero-order valence-corrected chi connectivity index (χ0v) is 14.0. The number of urea groups is 1. The van der Waals surface area contributed by atoms with Crippen molar-refractivity contribution >= 4 is 28.2 Å². The average molecular weight is 377 g/mol. The SMILES string of the molecule is O=C(NNC(=O)[C@H]1CC[C@@H]2CN1C(=O)N2OS(=O)(=O)O)[C@H]1CCNC1. The normalized spacial score (nSPS) is 29.0. The predicted molar refractivity (Wildman–Crippen MR) is 80.6 cm³/mol. The summed E-state index contributed by atoms with van der Waals surface area (Å²) in [4.78, 5) is 37.5. The van der Waals surface area contributed by atoms with E-state index in [1.807, 2.05) is 0 Å². The number of piperidine rings is 1. The maximum Gasteiger partial charge on any atom is 0.418 e. The topological polar surface area (TPSA) is 157 Å². The Labute approximate surface area is 143 Å². The number of fused-ring (bicyclic) bond motifs is 2. The minimum atomic E-state index is -4.83. The standard InChI is InChI=1S/C12H19N5O7S/c18-10(7-3-4-13-5-7)14-15-11(19)9-2-1-8-6-16(9)12(20)17(8)24-25(21,22)23/h7-9,13H,1-6H2,(H,14,18)(H,15,19)(H,21,22,23)/t7-,8+,9+/m0/s1. The molecule has 0 aromatic rings. The van der Waals surface area contributed by atoms with Crippen molar-refractivity contribution in [1.82, 2.24) is 26.1 Å². The van der Waals surface area contributed by atoms with Gasteiger partial charge in [0.25, 0.3) is 5.91 Å². The van der Waals surface area contributed by atoms with Gasteiger partial charge in [0.2, 0.25) is 5.91 Å². The van der Waals surface area contributed by atoms with Gasteiger partial charge in [0, 0.05) is 13.1 Å². The Morgan fingerprint density at radius 3 is 2.56 bits per heavy atom. The van der Waals surface area contributed by atoms with Gasteiger partial charge < -0.3 is 10.2 Å². The molecule has 3 heterocycles. The highest BCUT2D eigenvalue weighted by molar-refractivity contribution is 7.80. The van der Waals surface area contributed by atoms with Gasteiger partial charge in [-0.15, -0.1) is 4.28 Å². The molecule has 25 heavy (non-hydrogen) atoms. The summed E-state index contributed by atoms with van der Waals surface area (Å²) in [5.41, 5.74) is 4.66. The van der Waals surface area contributed by atoms with E-state index in [0.717, 1.165) is 11.4 Å². The monoisotopic (exact) mass is 377 g/mol. The number of carbonyl (C=O) groups excluding carboxylic acids is 3. The van der Waals surface area contributed by atoms with Crippen LogP contribution in [-0.4, -0.2) is 72.5 Å². The summed E-state index contributed by atoms with van der Waals surface area (Å²) >= 11 is 0. The second kappa shape index (κ2) is 6.74. The first-order valence-corrected chi connectivity index (χ1v) is 9.20. The van der Waals surface area contributed by atoms with E-state index in [-0.39, 0.29) is 24.8 Å². The van der Waals surface area contributed by atoms with Gasteiger partial charge in [-0.05, 0) is 25.8 Å². The van der Waals surface area contributed by atoms with E-state index in [1.165, 1.54) is 0 Å². The fourth-order valence-corrected chi connectivity index (χ4v) is 3.68. The Morgan fingerprint density at radius 1 is 1.20 bits per heavy atom. The minimum Gasteiger partial charge on any atom is -0.316 e. The van der Waals surface area contributed by atoms with Crippen molar-refractivity contribution in [1.29, 1.82) is 0 Å². The van der Waals surface area contributed by atoms with Crippen molar-refractivity contribution in [3.63, 3.8) is 0 Å². The zero-order chi connectivity index (χ0) is 18.2. The third-order valence-corrected chi connectivity index (χ3v) is 4.89. The summed E-state index contributed by atoms with van der Waals surface area (Å²) in [5.74, 6) is -1.10. The molecule has 0 aromatic heterocycles. The lowest BCUT2D eigenvalue weighted by Gasteiger charge is -2.29. The molecule has 0 unspecified atom stereocenters. The highest BCUT2D eigenvalue weighted by atomic mass is 32.3. The van der Waals surface area contributed by atoms with Crippen LogP contribution >= 0.6 is 0 Å². The first-order valence-electron chi connectivity index (χ1n) is 7.83. The number of nitrogens with zero attached hydrogens (tertiary/aromatic N) is 2. The van der Waals surface area contributed by atoms with Crippen molar-refractivity contribution in [2.75, 3.05) is 19.6 Å². The fourth-order valence-electron chi connectivity index (χ4n) is 3.29. The molecule has 2 bridgehead atoms. The van der Waals surface area contributed by atoms with Crippen LogP contribution < -0.4 is 16.2 Å². The van der Waals surface area contributed by atoms with Gasteiger partial charge >= 0.3 is 16.4 Å². The van der Waals surface area contributed by atoms with E-state index in [9.17, 15) is 22.8 Å². The van der Waals surface area contributed by atoms with Crippen LogP contribution in [0.1, 0.15) is 19.3 Å². The lowest BCUT2D eigenvalue weighted by molar-refractivity contribution is -0.133. The summed E-state index contributed by atoms with van der Waals surface area (Å²) in [6.45, 7) is 1.37. The van der Waals surface area contributed by atoms with Gasteiger partial charge in [0.15, 0.2) is 0 Å². The molecule has 12 nitrogen and oxygen atoms in total. The summed E-state index contributed by atoms with van der Waals surface area (Å²) in [5, 5.41) is 3.60. The van der Waals surface area contributed by atoms with Gasteiger partial charge in [-0.2, -0.15) is 13.5 Å². The van der Waals surface area contributed by atoms with Gasteiger partial charge in [0.05, 0.1) is 12.0 Å². The Balaban J connectivity index is 1.57. The Bertz CT molecular complexity index is 677. The van der Waals surface area contributed by atoms with Crippen LogP contribution in [0.4, 0.5) is 4.79 Å². The zero-order valence-electron chi connectivity index (χ0n) is 13.2. The van der Waals surface area contributed by atoms with Crippen LogP contribution in [-0.2, 0) is 24.3 Å². The van der Waals surface area contributed by atoms with E-state index in [0.29, 0.717) is 24.4 Å². The Morgan fingerprint density at radius 2 is 1.92 bits per heavy atom. The molecule has 4 N–H and O–H groups in total. The molecule has 13 heteroatoms. The van der Waals surface area contributed by atoms with E-state index < -0.39 is 34.4 Å². The van der Waals surface area contributed by atoms with Gasteiger partial charge in [-0.25, -0.2) is 4.79 Å². The molecule has 3 aliphatic rings. The lowest BCUT2D eigenvalue weighted by Crippen LogP contribution is -2.55. The molecule has 3 fully saturated rings. The number of rotatable bonds is 4. The van der Waals surface area contributed by atoms with Crippen LogP contribution in [0.2, 0.25) is 0 Å². The lowest BCUT2D eigenvalue weighted by atomic mass is 10.0. The van der Waals surface area contributed by atoms with Gasteiger partial charge in [0.1, 0.15) is 6.04 Å². The molecular formula is C12H19N5O7S. The molecule has 3 rings (SSSR count). The smallest absolute Gasteiger partial charge is 0.316 e. The minimum absolute atomic E-state index is 0.0902. The summed E-state index contributed by atoms with van der Waals surface area (Å²) in [6, 6.07) is -2.26. The summed E-state index contributed by atoms with van der Waals surface area (Å²) in [7, 11) is -4.83. The number of amides is 4. The molecule has 4 amide bonds. The van der Waals surface area contributed by atoms with E-state index >= 15 is 0 Å². The van der Waals surface area contributed by atoms with Gasteiger partial charge in [-0.1, -0.05) is 0 Å². The van der Waals surface area contributed by atoms with Crippen LogP contribution in [0.3, 0.4) is 0 Å². The largest absolute Gasteiger partial charge is 0.418 e. The first-order chi connectivity index (χ1) is 11.8. The number of carbonyl (C=O) groups is 3. The molecule has 3 atom stereocenters. The molecule has 3 saturated heterocycles. The third kappa shape index (κ3) is 3.84. The van der Waals surface area contributed by atoms with Crippen molar-refractivity contribution in [2.45, 2.75) is 31.3 Å². The summed E-state index contributed by atoms with van der Waals surface area (Å²) in [6.07, 6.45) is 1.27. The third-order valence-electron chi connectivity index (χ3n) is 4.54. The number of hydroxylamine groups is 2. The van der Waals surface area contributed by atoms with Crippen molar-refractivity contribution in [3.05, 3.63) is 0 Å². The Hall–Kier alpha value is -1.96. The highest BCUT2D eigenvalue weighted by Gasteiger charge is 2.49. The average Bonchev–Trinajstić information content (AvgIpc) is 3.16. The second-order valence-electron chi connectivity index (χ2n) is 6.18. The molecule has 0 radical (unpaired) electrons. The number of hydrazine groups is 1. The molecule has 3 aliphatic heterocycles. The molecule has 0 aliphatic carbocycles. The quantitative estimate of drug-likeness (QED) is 0.316. The van der Waals surface area contributed by atoms with E-state index in [2.05, 4.69) is 20.5 Å². The van der Waals surface area contributed by atoms with Crippen LogP contribution in [0.25, 0.3) is 0 Å². The van der Waals surface area contributed by atoms with Crippen molar-refractivity contribution in [2.24, 2.45) is 5.92 Å². The van der Waals surface area contributed by atoms with Crippen LogP contribution in [0.5, 0.6) is 0 Å². The number of nitrogens with one attached hydrogen (secondary N) is 3. The number of hydrogen-bond donors (Lipinski definition) is 4. The van der Waals surface area contributed by atoms with Crippen LogP contribution in [0.15, 0.2) is 0 Å². The first kappa shape index (κ1) is 17.8. The van der Waals surface area contributed by atoms with Crippen LogP contribution in [0, 0.1) is 5.92 Å². The molecular weight excluding hydrogens is 358 g/mol. The van der Waals surface area contributed by atoms with Gasteiger partial charge in [-0.3, -0.25) is 25.0 Å². The maximum atomic E-state index is 12.3. The van der Waals surface area contributed by atoms with E-state index in [4.69, 9.17) is 4.55 Å². The van der Waals surface area contributed by atoms with Crippen molar-refractivity contribution < 1.29 is 31.6 Å². The highest BCUT2D eigenvalue weighted by Crippen LogP contribution is 2.30. The molecule has 0 aromatic carbocycles. The maximum absolute atomic E-state index is 12.3. The number of hydrogen-bond acceptors (Lipinski definition) is 7. The molecule has 140 valence electrons. The Kier molecular flexibility index (Phi) is 4.81. The fraction of sp³-hybridized carbons (Fsp3) is 0.750. The molecule has 0 saturated carbocycles. The predicted octanol–water partition coefficient (Wildman–Crippen LogP) is -2.25. The molecule has 0 spiro atoms. The summed E-state index contributed by atoms with van der Waals surface area (Å²) < 4.78 is 34.7. The second-order valence-corrected chi connectivity index (χ2v) is 7.18. The van der Waals surface area contributed by atoms with Crippen molar-refractivity contribution in [3.8, 4) is 0 Å². The van der Waals surface area contributed by atoms with E-state index in [1.54, 1.807) is 0 Å².